The predicted molar refractivity (Wildman–Crippen MR) is 120 cm³/mol. The summed E-state index contributed by atoms with van der Waals surface area (Å²) in [5.74, 6) is 0.558. The highest BCUT2D eigenvalue weighted by molar-refractivity contribution is 7.92. The Morgan fingerprint density at radius 2 is 1.60 bits per heavy atom. The van der Waals surface area contributed by atoms with E-state index in [2.05, 4.69) is 4.72 Å². The van der Waals surface area contributed by atoms with Crippen LogP contribution in [0.4, 0.5) is 5.69 Å². The highest BCUT2D eigenvalue weighted by Gasteiger charge is 2.17. The van der Waals surface area contributed by atoms with Crippen molar-refractivity contribution in [1.82, 2.24) is 0 Å². The Labute approximate surface area is 178 Å². The van der Waals surface area contributed by atoms with Gasteiger partial charge in [0, 0.05) is 0 Å². The van der Waals surface area contributed by atoms with Crippen LogP contribution < -0.4 is 9.46 Å². The first-order chi connectivity index (χ1) is 13.7. The van der Waals surface area contributed by atoms with Gasteiger partial charge < -0.3 is 14.5 Å². The Morgan fingerprint density at radius 3 is 2.07 bits per heavy atom. The molecule has 2 rings (SSSR count). The second-order valence-electron chi connectivity index (χ2n) is 8.06. The zero-order valence-corrected chi connectivity index (χ0v) is 19.9. The lowest BCUT2D eigenvalue weighted by molar-refractivity contribution is 0.300. The lowest BCUT2D eigenvalue weighted by Crippen LogP contribution is -2.13. The summed E-state index contributed by atoms with van der Waals surface area (Å²) in [6.07, 6.45) is 1.14. The molecule has 0 aromatic heterocycles. The van der Waals surface area contributed by atoms with Gasteiger partial charge in [0.2, 0.25) is 10.0 Å². The maximum atomic E-state index is 11.8. The summed E-state index contributed by atoms with van der Waals surface area (Å²) in [6, 6.07) is 7.56. The Hall–Kier alpha value is -1.86. The van der Waals surface area contributed by atoms with Crippen molar-refractivity contribution in [3.8, 4) is 5.75 Å². The van der Waals surface area contributed by atoms with Gasteiger partial charge >= 0.3 is 7.60 Å². The van der Waals surface area contributed by atoms with Gasteiger partial charge in [0.1, 0.15) is 5.75 Å². The molecule has 0 bridgehead atoms. The molecule has 0 spiro atoms. The minimum Gasteiger partial charge on any atom is -0.481 e. The highest BCUT2D eigenvalue weighted by Crippen LogP contribution is 2.36. The molecule has 166 valence electrons. The van der Waals surface area contributed by atoms with Crippen molar-refractivity contribution >= 4 is 23.3 Å². The Morgan fingerprint density at radius 1 is 1.03 bits per heavy atom. The Bertz CT molecular complexity index is 1070. The molecule has 0 saturated carbocycles. The standard InChI is InChI=1S/C21H30NO6PS/c1-13(2)19-10-17(7-16(5)21(19)22-30(6,26)27)11-20-14(3)8-18(9-15(20)4)28-12-29(23,24)25/h7-10,13,22H,11-12H2,1-6H3,(H2,23,24,25). The van der Waals surface area contributed by atoms with Gasteiger partial charge in [-0.05, 0) is 78.6 Å². The van der Waals surface area contributed by atoms with Crippen LogP contribution in [0.3, 0.4) is 0 Å². The average molecular weight is 456 g/mol. The summed E-state index contributed by atoms with van der Waals surface area (Å²) < 4.78 is 42.5. The number of hydrogen-bond acceptors (Lipinski definition) is 4. The van der Waals surface area contributed by atoms with Gasteiger partial charge in [-0.25, -0.2) is 8.42 Å². The molecule has 0 aliphatic carbocycles. The first kappa shape index (κ1) is 24.4. The number of aryl methyl sites for hydroxylation is 3. The third-order valence-corrected chi connectivity index (χ3v) is 5.83. The molecular formula is C21H30NO6PS. The number of sulfonamides is 1. The minimum atomic E-state index is -4.24. The molecule has 9 heteroatoms. The van der Waals surface area contributed by atoms with Crippen LogP contribution in [-0.2, 0) is 21.0 Å². The van der Waals surface area contributed by atoms with Gasteiger partial charge in [0.25, 0.3) is 0 Å². The van der Waals surface area contributed by atoms with E-state index in [1.54, 1.807) is 12.1 Å². The van der Waals surface area contributed by atoms with Gasteiger partial charge in [0.05, 0.1) is 11.9 Å². The normalized spacial score (nSPS) is 12.3. The maximum Gasteiger partial charge on any atom is 0.362 e. The summed E-state index contributed by atoms with van der Waals surface area (Å²) in [4.78, 5) is 18.0. The molecule has 0 amide bonds. The Kier molecular flexibility index (Phi) is 7.41. The third kappa shape index (κ3) is 6.84. The molecule has 7 nitrogen and oxygen atoms in total. The number of hydrogen-bond donors (Lipinski definition) is 3. The van der Waals surface area contributed by atoms with Crippen LogP contribution in [-0.4, -0.2) is 30.8 Å². The summed E-state index contributed by atoms with van der Waals surface area (Å²) >= 11 is 0. The lowest BCUT2D eigenvalue weighted by atomic mass is 9.90. The van der Waals surface area contributed by atoms with E-state index in [-0.39, 0.29) is 5.92 Å². The quantitative estimate of drug-likeness (QED) is 0.514. The number of rotatable bonds is 8. The molecule has 3 N–H and O–H groups in total. The molecule has 0 saturated heterocycles. The predicted octanol–water partition coefficient (Wildman–Crippen LogP) is 4.21. The van der Waals surface area contributed by atoms with E-state index >= 15 is 0 Å². The zero-order valence-electron chi connectivity index (χ0n) is 18.2. The molecule has 0 atom stereocenters. The third-order valence-electron chi connectivity index (χ3n) is 4.79. The fourth-order valence-electron chi connectivity index (χ4n) is 3.45. The summed E-state index contributed by atoms with van der Waals surface area (Å²) in [7, 11) is -7.62. The molecule has 2 aromatic rings. The lowest BCUT2D eigenvalue weighted by Gasteiger charge is -2.20. The molecule has 0 heterocycles. The molecule has 0 radical (unpaired) electrons. The zero-order chi connectivity index (χ0) is 22.9. The van der Waals surface area contributed by atoms with Gasteiger partial charge in [0.15, 0.2) is 6.35 Å². The van der Waals surface area contributed by atoms with Crippen LogP contribution in [0.25, 0.3) is 0 Å². The second-order valence-corrected chi connectivity index (χ2v) is 11.4. The monoisotopic (exact) mass is 455 g/mol. The van der Waals surface area contributed by atoms with E-state index in [0.717, 1.165) is 39.6 Å². The van der Waals surface area contributed by atoms with E-state index in [0.29, 0.717) is 17.9 Å². The molecule has 2 aromatic carbocycles. The van der Waals surface area contributed by atoms with Gasteiger partial charge in [-0.1, -0.05) is 26.0 Å². The fraction of sp³-hybridized carbons (Fsp3) is 0.429. The molecule has 0 fully saturated rings. The number of nitrogens with one attached hydrogen (secondary N) is 1. The number of anilines is 1. The van der Waals surface area contributed by atoms with Crippen LogP contribution >= 0.6 is 7.60 Å². The molecular weight excluding hydrogens is 425 g/mol. The Balaban J connectivity index is 2.39. The summed E-state index contributed by atoms with van der Waals surface area (Å²) in [5, 5.41) is 0. The van der Waals surface area contributed by atoms with E-state index in [9.17, 15) is 13.0 Å². The van der Waals surface area contributed by atoms with Crippen molar-refractivity contribution in [3.63, 3.8) is 0 Å². The molecule has 30 heavy (non-hydrogen) atoms. The van der Waals surface area contributed by atoms with Crippen LogP contribution in [0.2, 0.25) is 0 Å². The second kappa shape index (κ2) is 9.10. The maximum absolute atomic E-state index is 11.8. The van der Waals surface area contributed by atoms with Crippen molar-refractivity contribution < 1.29 is 27.5 Å². The van der Waals surface area contributed by atoms with Gasteiger partial charge in [-0.3, -0.25) is 9.29 Å². The van der Waals surface area contributed by atoms with E-state index in [1.807, 2.05) is 46.8 Å². The van der Waals surface area contributed by atoms with Crippen LogP contribution in [0, 0.1) is 20.8 Å². The van der Waals surface area contributed by atoms with E-state index < -0.39 is 24.0 Å². The number of benzene rings is 2. The van der Waals surface area contributed by atoms with Crippen LogP contribution in [0.1, 0.15) is 53.1 Å². The summed E-state index contributed by atoms with van der Waals surface area (Å²) in [6.45, 7) is 9.80. The topological polar surface area (TPSA) is 113 Å². The van der Waals surface area contributed by atoms with E-state index in [1.165, 1.54) is 0 Å². The van der Waals surface area contributed by atoms with E-state index in [4.69, 9.17) is 14.5 Å². The van der Waals surface area contributed by atoms with Crippen molar-refractivity contribution in [3.05, 3.63) is 57.6 Å². The van der Waals surface area contributed by atoms with Crippen LogP contribution in [0.15, 0.2) is 24.3 Å². The van der Waals surface area contributed by atoms with Crippen molar-refractivity contribution in [2.24, 2.45) is 0 Å². The average Bonchev–Trinajstić information content (AvgIpc) is 2.56. The molecule has 0 aliphatic heterocycles. The number of ether oxygens (including phenoxy) is 1. The first-order valence-electron chi connectivity index (χ1n) is 9.55. The van der Waals surface area contributed by atoms with Gasteiger partial charge in [-0.15, -0.1) is 0 Å². The SMILES string of the molecule is Cc1cc(OCP(=O)(O)O)cc(C)c1Cc1cc(C)c(NS(C)(=O)=O)c(C(C)C)c1. The molecule has 0 unspecified atom stereocenters. The molecule has 0 aliphatic rings. The van der Waals surface area contributed by atoms with Crippen molar-refractivity contribution in [2.75, 3.05) is 17.3 Å². The minimum absolute atomic E-state index is 0.138. The van der Waals surface area contributed by atoms with Crippen LogP contribution in [0.5, 0.6) is 5.75 Å². The largest absolute Gasteiger partial charge is 0.481 e. The smallest absolute Gasteiger partial charge is 0.362 e. The highest BCUT2D eigenvalue weighted by atomic mass is 32.2. The van der Waals surface area contributed by atoms with Crippen molar-refractivity contribution in [2.45, 2.75) is 47.0 Å². The first-order valence-corrected chi connectivity index (χ1v) is 13.2. The van der Waals surface area contributed by atoms with Crippen molar-refractivity contribution in [1.29, 1.82) is 0 Å². The fourth-order valence-corrected chi connectivity index (χ4v) is 4.42. The summed E-state index contributed by atoms with van der Waals surface area (Å²) in [5.41, 5.74) is 6.49. The van der Waals surface area contributed by atoms with Gasteiger partial charge in [-0.2, -0.15) is 0 Å².